The Morgan fingerprint density at radius 2 is 1.71 bits per heavy atom. The molecule has 0 saturated carbocycles. The minimum Gasteiger partial charge on any atom is -0.425 e. The van der Waals surface area contributed by atoms with Gasteiger partial charge in [0.05, 0.1) is 5.92 Å². The van der Waals surface area contributed by atoms with Crippen LogP contribution in [0.2, 0.25) is 0 Å². The SMILES string of the molecule is NC(=O)C(CC1CCCc2c(OC(=O)CO)cccc21)c1ccccc1C(=O)c1ccccc1. The van der Waals surface area contributed by atoms with Gasteiger partial charge < -0.3 is 15.6 Å². The van der Waals surface area contributed by atoms with Gasteiger partial charge >= 0.3 is 5.97 Å². The Balaban J connectivity index is 1.67. The number of carbonyl (C=O) groups excluding carboxylic acids is 3. The van der Waals surface area contributed by atoms with Gasteiger partial charge in [0.1, 0.15) is 12.4 Å². The van der Waals surface area contributed by atoms with E-state index in [0.717, 1.165) is 30.4 Å². The molecule has 0 spiro atoms. The van der Waals surface area contributed by atoms with Crippen LogP contribution in [0.1, 0.15) is 63.7 Å². The number of hydrogen-bond donors (Lipinski definition) is 2. The summed E-state index contributed by atoms with van der Waals surface area (Å²) in [6.07, 6.45) is 2.90. The molecule has 0 radical (unpaired) electrons. The topological polar surface area (TPSA) is 107 Å². The maximum Gasteiger partial charge on any atom is 0.337 e. The van der Waals surface area contributed by atoms with Crippen LogP contribution in [-0.2, 0) is 16.0 Å². The molecular weight excluding hydrogens is 430 g/mol. The summed E-state index contributed by atoms with van der Waals surface area (Å²) < 4.78 is 5.32. The lowest BCUT2D eigenvalue weighted by atomic mass is 9.75. The summed E-state index contributed by atoms with van der Waals surface area (Å²) in [4.78, 5) is 37.6. The summed E-state index contributed by atoms with van der Waals surface area (Å²) in [6.45, 7) is -0.691. The molecule has 2 atom stereocenters. The maximum absolute atomic E-state index is 13.2. The molecule has 1 aliphatic carbocycles. The number of nitrogens with two attached hydrogens (primary N) is 1. The fourth-order valence-corrected chi connectivity index (χ4v) is 4.84. The molecule has 1 amide bonds. The van der Waals surface area contributed by atoms with Crippen molar-refractivity contribution in [1.82, 2.24) is 0 Å². The van der Waals surface area contributed by atoms with Gasteiger partial charge in [-0.3, -0.25) is 9.59 Å². The van der Waals surface area contributed by atoms with Gasteiger partial charge in [0.25, 0.3) is 0 Å². The zero-order valence-electron chi connectivity index (χ0n) is 18.8. The third-order valence-electron chi connectivity index (χ3n) is 6.42. The van der Waals surface area contributed by atoms with Gasteiger partial charge in [-0.2, -0.15) is 0 Å². The summed E-state index contributed by atoms with van der Waals surface area (Å²) in [5.41, 5.74) is 9.45. The molecule has 6 heteroatoms. The quantitative estimate of drug-likeness (QED) is 0.303. The smallest absolute Gasteiger partial charge is 0.337 e. The van der Waals surface area contributed by atoms with Crippen molar-refractivity contribution >= 4 is 17.7 Å². The third-order valence-corrected chi connectivity index (χ3v) is 6.42. The Kier molecular flexibility index (Phi) is 7.18. The zero-order valence-corrected chi connectivity index (χ0v) is 18.8. The Labute approximate surface area is 198 Å². The van der Waals surface area contributed by atoms with Gasteiger partial charge in [0.2, 0.25) is 5.91 Å². The van der Waals surface area contributed by atoms with Crippen molar-refractivity contribution in [3.8, 4) is 5.75 Å². The Hall–Kier alpha value is -3.77. The molecule has 0 fully saturated rings. The number of fused-ring (bicyclic) bond motifs is 1. The van der Waals surface area contributed by atoms with Crippen LogP contribution in [0, 0.1) is 0 Å². The summed E-state index contributed by atoms with van der Waals surface area (Å²) in [6, 6.07) is 21.6. The van der Waals surface area contributed by atoms with Gasteiger partial charge in [-0.05, 0) is 54.4 Å². The Bertz CT molecular complexity index is 1200. The van der Waals surface area contributed by atoms with Gasteiger partial charge in [0.15, 0.2) is 5.78 Å². The minimum atomic E-state index is -0.709. The number of carbonyl (C=O) groups is 3. The van der Waals surface area contributed by atoms with Crippen LogP contribution in [0.25, 0.3) is 0 Å². The molecule has 2 unspecified atom stereocenters. The molecule has 3 aromatic rings. The normalized spacial score (nSPS) is 15.7. The first-order chi connectivity index (χ1) is 16.5. The van der Waals surface area contributed by atoms with E-state index in [1.165, 1.54) is 0 Å². The number of esters is 1. The highest BCUT2D eigenvalue weighted by Crippen LogP contribution is 2.42. The average molecular weight is 458 g/mol. The predicted molar refractivity (Wildman–Crippen MR) is 128 cm³/mol. The zero-order chi connectivity index (χ0) is 24.1. The molecule has 0 bridgehead atoms. The molecule has 3 aromatic carbocycles. The molecule has 0 aliphatic heterocycles. The lowest BCUT2D eigenvalue weighted by Gasteiger charge is -2.29. The van der Waals surface area contributed by atoms with E-state index < -0.39 is 24.4 Å². The number of ether oxygens (including phenoxy) is 1. The van der Waals surface area contributed by atoms with Crippen LogP contribution in [0.5, 0.6) is 5.75 Å². The summed E-state index contributed by atoms with van der Waals surface area (Å²) in [5, 5.41) is 9.06. The van der Waals surface area contributed by atoms with Crippen molar-refractivity contribution in [2.24, 2.45) is 5.73 Å². The number of primary amides is 1. The van der Waals surface area contributed by atoms with Crippen LogP contribution in [-0.4, -0.2) is 29.4 Å². The summed E-state index contributed by atoms with van der Waals surface area (Å²) in [7, 11) is 0. The van der Waals surface area contributed by atoms with Crippen molar-refractivity contribution in [3.63, 3.8) is 0 Å². The number of rotatable bonds is 8. The van der Waals surface area contributed by atoms with E-state index >= 15 is 0 Å². The fraction of sp³-hybridized carbons (Fsp3) is 0.250. The Morgan fingerprint density at radius 1 is 0.971 bits per heavy atom. The number of amides is 1. The lowest BCUT2D eigenvalue weighted by molar-refractivity contribution is -0.137. The van der Waals surface area contributed by atoms with E-state index in [2.05, 4.69) is 0 Å². The van der Waals surface area contributed by atoms with Gasteiger partial charge in [-0.25, -0.2) is 4.79 Å². The highest BCUT2D eigenvalue weighted by atomic mass is 16.5. The first-order valence-electron chi connectivity index (χ1n) is 11.4. The first-order valence-corrected chi connectivity index (χ1v) is 11.4. The Morgan fingerprint density at radius 3 is 2.44 bits per heavy atom. The van der Waals surface area contributed by atoms with Gasteiger partial charge in [-0.15, -0.1) is 0 Å². The van der Waals surface area contributed by atoms with Crippen LogP contribution in [0.3, 0.4) is 0 Å². The van der Waals surface area contributed by atoms with E-state index in [1.54, 1.807) is 36.4 Å². The van der Waals surface area contributed by atoms with Crippen molar-refractivity contribution in [1.29, 1.82) is 0 Å². The summed E-state index contributed by atoms with van der Waals surface area (Å²) in [5.74, 6) is -1.54. The number of benzene rings is 3. The second-order valence-electron chi connectivity index (χ2n) is 8.52. The second-order valence-corrected chi connectivity index (χ2v) is 8.52. The van der Waals surface area contributed by atoms with Crippen LogP contribution in [0.15, 0.2) is 72.8 Å². The van der Waals surface area contributed by atoms with E-state index in [-0.39, 0.29) is 11.7 Å². The number of aliphatic hydroxyl groups excluding tert-OH is 1. The molecule has 174 valence electrons. The van der Waals surface area contributed by atoms with E-state index in [4.69, 9.17) is 15.6 Å². The third kappa shape index (κ3) is 4.92. The molecule has 1 aliphatic rings. The molecule has 0 heterocycles. The van der Waals surface area contributed by atoms with Crippen LogP contribution >= 0.6 is 0 Å². The average Bonchev–Trinajstić information content (AvgIpc) is 2.87. The molecule has 0 saturated heterocycles. The number of aliphatic hydroxyl groups is 1. The van der Waals surface area contributed by atoms with E-state index in [0.29, 0.717) is 28.9 Å². The van der Waals surface area contributed by atoms with E-state index in [9.17, 15) is 14.4 Å². The van der Waals surface area contributed by atoms with Crippen LogP contribution < -0.4 is 10.5 Å². The first kappa shape index (κ1) is 23.4. The standard InChI is InChI=1S/C28H27NO5/c29-28(33)24(21-11-4-5-12-23(21)27(32)18-8-2-1-3-9-18)16-19-10-6-14-22-20(19)13-7-15-25(22)34-26(31)17-30/h1-5,7-9,11-13,15,19,24,30H,6,10,14,16-17H2,(H2,29,33). The minimum absolute atomic E-state index is 0.00825. The molecule has 0 aromatic heterocycles. The molecule has 6 nitrogen and oxygen atoms in total. The maximum atomic E-state index is 13.2. The second kappa shape index (κ2) is 10.4. The molecule has 34 heavy (non-hydrogen) atoms. The fourth-order valence-electron chi connectivity index (χ4n) is 4.84. The van der Waals surface area contributed by atoms with Crippen molar-refractivity contribution in [3.05, 3.63) is 101 Å². The van der Waals surface area contributed by atoms with Crippen molar-refractivity contribution in [2.45, 2.75) is 37.5 Å². The largest absolute Gasteiger partial charge is 0.425 e. The molecule has 4 rings (SSSR count). The predicted octanol–water partition coefficient (Wildman–Crippen LogP) is 3.89. The van der Waals surface area contributed by atoms with E-state index in [1.807, 2.05) is 36.4 Å². The highest BCUT2D eigenvalue weighted by molar-refractivity contribution is 6.10. The monoisotopic (exact) mass is 457 g/mol. The molecular formula is C28H27NO5. The highest BCUT2D eigenvalue weighted by Gasteiger charge is 2.31. The summed E-state index contributed by atoms with van der Waals surface area (Å²) >= 11 is 0. The molecule has 3 N–H and O–H groups in total. The number of hydrogen-bond acceptors (Lipinski definition) is 5. The van der Waals surface area contributed by atoms with Crippen molar-refractivity contribution < 1.29 is 24.2 Å². The van der Waals surface area contributed by atoms with Crippen molar-refractivity contribution in [2.75, 3.05) is 6.61 Å². The lowest BCUT2D eigenvalue weighted by Crippen LogP contribution is -2.26. The number of ketones is 1. The van der Waals surface area contributed by atoms with Gasteiger partial charge in [0, 0.05) is 11.1 Å². The van der Waals surface area contributed by atoms with Crippen LogP contribution in [0.4, 0.5) is 0 Å². The van der Waals surface area contributed by atoms with Gasteiger partial charge in [-0.1, -0.05) is 66.7 Å².